The second-order valence-corrected chi connectivity index (χ2v) is 16.0. The third-order valence-electron chi connectivity index (χ3n) is 10.8. The molecule has 9 N–H and O–H groups in total. The van der Waals surface area contributed by atoms with Crippen molar-refractivity contribution in [2.45, 2.75) is 70.8 Å². The van der Waals surface area contributed by atoms with Gasteiger partial charge in [-0.3, -0.25) is 57.9 Å². The lowest BCUT2D eigenvalue weighted by atomic mass is 9.92. The standard InChI is InChI=1S/C42H53N9O14/c1-23(38(58)59)16-29(52)17-27(40(62)63)18-30(53)22-51-14-12-50(13-15-51)11-10-44-34(56)20-31(41(64)65)47-33(55)9-7-26(39(60)61)19-32(54)25-5-2-24(3-6-25)4-8-28-21-45-36-35(46-28)37(57)49-42(43)48-36/h2-3,5-6,21,23,26-27,31H,4,7-20,22H2,1H3,(H,44,56)(H,47,55)(H,58,59)(H,60,61)(H,62,63)(H,64,65)(H3,43,45,48,49,57)/t23-,26-,27-,31+/m1/s1. The molecule has 2 aromatic heterocycles. The number of benzene rings is 1. The van der Waals surface area contributed by atoms with Crippen LogP contribution in [-0.2, 0) is 51.2 Å². The molecule has 65 heavy (non-hydrogen) atoms. The van der Waals surface area contributed by atoms with Crippen LogP contribution in [0, 0.1) is 17.8 Å². The lowest BCUT2D eigenvalue weighted by molar-refractivity contribution is -0.146. The fraction of sp³-hybridized carbons (Fsp3) is 0.500. The average molecular weight is 908 g/mol. The van der Waals surface area contributed by atoms with Crippen LogP contribution in [-0.4, -0.2) is 155 Å². The van der Waals surface area contributed by atoms with E-state index in [0.717, 1.165) is 5.56 Å². The molecule has 23 nitrogen and oxygen atoms in total. The molecule has 0 bridgehead atoms. The van der Waals surface area contributed by atoms with Gasteiger partial charge in [-0.05, 0) is 24.8 Å². The Morgan fingerprint density at radius 2 is 1.40 bits per heavy atom. The Bertz CT molecular complexity index is 2310. The number of H-pyrrole nitrogens is 1. The molecule has 3 aromatic rings. The number of aromatic nitrogens is 4. The summed E-state index contributed by atoms with van der Waals surface area (Å²) in [6.07, 6.45) is -0.471. The molecule has 0 radical (unpaired) electrons. The van der Waals surface area contributed by atoms with Crippen molar-refractivity contribution < 1.29 is 63.6 Å². The maximum Gasteiger partial charge on any atom is 0.326 e. The molecule has 350 valence electrons. The van der Waals surface area contributed by atoms with Crippen molar-refractivity contribution in [3.63, 3.8) is 0 Å². The maximum absolute atomic E-state index is 13.0. The van der Waals surface area contributed by atoms with Crippen LogP contribution < -0.4 is 21.9 Å². The molecule has 0 aliphatic carbocycles. The molecule has 1 aliphatic heterocycles. The van der Waals surface area contributed by atoms with Crippen molar-refractivity contribution in [3.05, 3.63) is 57.6 Å². The number of nitrogens with zero attached hydrogens (tertiary/aromatic N) is 5. The normalized spacial score (nSPS) is 15.0. The highest BCUT2D eigenvalue weighted by Gasteiger charge is 2.29. The van der Waals surface area contributed by atoms with Gasteiger partial charge in [-0.25, -0.2) is 14.8 Å². The van der Waals surface area contributed by atoms with E-state index in [1.54, 1.807) is 24.3 Å². The molecule has 1 aliphatic rings. The smallest absolute Gasteiger partial charge is 0.326 e. The fourth-order valence-electron chi connectivity index (χ4n) is 7.05. The van der Waals surface area contributed by atoms with Gasteiger partial charge in [0.1, 0.15) is 17.6 Å². The summed E-state index contributed by atoms with van der Waals surface area (Å²) in [5.74, 6) is -11.7. The number of carbonyl (C=O) groups excluding carboxylic acids is 5. The predicted molar refractivity (Wildman–Crippen MR) is 227 cm³/mol. The first-order chi connectivity index (χ1) is 30.8. The van der Waals surface area contributed by atoms with Crippen LogP contribution in [0.15, 0.2) is 35.3 Å². The number of nitrogen functional groups attached to an aromatic ring is 1. The van der Waals surface area contributed by atoms with Crippen molar-refractivity contribution in [2.75, 3.05) is 51.5 Å². The molecule has 4 atom stereocenters. The monoisotopic (exact) mass is 907 g/mol. The number of hydrogen-bond donors (Lipinski definition) is 8. The molecular formula is C42H53N9O14. The summed E-state index contributed by atoms with van der Waals surface area (Å²) in [4.78, 5) is 140. The zero-order valence-electron chi connectivity index (χ0n) is 35.7. The summed E-state index contributed by atoms with van der Waals surface area (Å²) in [6.45, 7) is 3.75. The van der Waals surface area contributed by atoms with Crippen LogP contribution in [0.3, 0.4) is 0 Å². The number of carboxylic acid groups (broad SMARTS) is 4. The molecule has 1 fully saturated rings. The Morgan fingerprint density at radius 1 is 0.754 bits per heavy atom. The number of amides is 2. The second kappa shape index (κ2) is 24.2. The molecule has 1 saturated heterocycles. The van der Waals surface area contributed by atoms with Gasteiger partial charge in [0.25, 0.3) is 5.56 Å². The van der Waals surface area contributed by atoms with E-state index in [9.17, 15) is 63.3 Å². The summed E-state index contributed by atoms with van der Waals surface area (Å²) in [5, 5.41) is 42.8. The van der Waals surface area contributed by atoms with Gasteiger partial charge in [0.15, 0.2) is 16.9 Å². The minimum absolute atomic E-state index is 0.0323. The average Bonchev–Trinajstić information content (AvgIpc) is 3.24. The summed E-state index contributed by atoms with van der Waals surface area (Å²) < 4.78 is 0. The van der Waals surface area contributed by atoms with Gasteiger partial charge in [0.05, 0.1) is 42.6 Å². The van der Waals surface area contributed by atoms with Crippen molar-refractivity contribution in [1.29, 1.82) is 0 Å². The Labute approximate surface area is 371 Å². The Hall–Kier alpha value is -7.01. The molecular weight excluding hydrogens is 855 g/mol. The van der Waals surface area contributed by atoms with Gasteiger partial charge < -0.3 is 36.8 Å². The summed E-state index contributed by atoms with van der Waals surface area (Å²) in [5.41, 5.74) is 6.81. The minimum Gasteiger partial charge on any atom is -0.481 e. The Morgan fingerprint density at radius 3 is 2.03 bits per heavy atom. The highest BCUT2D eigenvalue weighted by Crippen LogP contribution is 2.19. The van der Waals surface area contributed by atoms with Crippen molar-refractivity contribution in [1.82, 2.24) is 40.4 Å². The lowest BCUT2D eigenvalue weighted by Gasteiger charge is -2.34. The fourth-order valence-corrected chi connectivity index (χ4v) is 7.05. The number of anilines is 1. The van der Waals surface area contributed by atoms with E-state index < -0.39 is 102 Å². The van der Waals surface area contributed by atoms with Crippen LogP contribution >= 0.6 is 0 Å². The number of aryl methyl sites for hydroxylation is 2. The summed E-state index contributed by atoms with van der Waals surface area (Å²) in [7, 11) is 0. The lowest BCUT2D eigenvalue weighted by Crippen LogP contribution is -2.50. The van der Waals surface area contributed by atoms with Gasteiger partial charge in [0, 0.05) is 76.9 Å². The molecule has 1 aromatic carbocycles. The van der Waals surface area contributed by atoms with Crippen LogP contribution in [0.4, 0.5) is 5.95 Å². The number of rotatable bonds is 27. The predicted octanol–water partition coefficient (Wildman–Crippen LogP) is -0.442. The highest BCUT2D eigenvalue weighted by atomic mass is 16.4. The van der Waals surface area contributed by atoms with E-state index in [1.165, 1.54) is 13.1 Å². The molecule has 3 heterocycles. The first-order valence-corrected chi connectivity index (χ1v) is 20.9. The minimum atomic E-state index is -1.61. The number of carbonyl (C=O) groups is 9. The number of piperazine rings is 1. The van der Waals surface area contributed by atoms with Gasteiger partial charge in [-0.2, -0.15) is 4.98 Å². The molecule has 23 heteroatoms. The zero-order chi connectivity index (χ0) is 47.8. The number of nitrogens with two attached hydrogens (primary N) is 1. The van der Waals surface area contributed by atoms with Gasteiger partial charge in [-0.1, -0.05) is 31.2 Å². The van der Waals surface area contributed by atoms with Crippen molar-refractivity contribution in [3.8, 4) is 0 Å². The zero-order valence-corrected chi connectivity index (χ0v) is 35.7. The largest absolute Gasteiger partial charge is 0.481 e. The molecule has 0 spiro atoms. The number of aliphatic carboxylic acids is 4. The van der Waals surface area contributed by atoms with Gasteiger partial charge in [-0.15, -0.1) is 0 Å². The molecule has 4 rings (SSSR count). The van der Waals surface area contributed by atoms with Crippen molar-refractivity contribution in [2.24, 2.45) is 17.8 Å². The van der Waals surface area contributed by atoms with Crippen molar-refractivity contribution >= 4 is 70.2 Å². The van der Waals surface area contributed by atoms with E-state index in [4.69, 9.17) is 10.8 Å². The van der Waals surface area contributed by atoms with E-state index >= 15 is 0 Å². The van der Waals surface area contributed by atoms with E-state index in [0.29, 0.717) is 51.3 Å². The van der Waals surface area contributed by atoms with Crippen LogP contribution in [0.25, 0.3) is 11.2 Å². The molecule has 0 saturated carbocycles. The molecule has 2 amide bonds. The first kappa shape index (κ1) is 50.6. The molecule has 0 unspecified atom stereocenters. The topological polar surface area (TPSA) is 363 Å². The van der Waals surface area contributed by atoms with E-state index in [1.807, 2.05) is 9.80 Å². The quantitative estimate of drug-likeness (QED) is 0.0449. The third-order valence-corrected chi connectivity index (χ3v) is 10.8. The number of hydrogen-bond acceptors (Lipinski definition) is 16. The number of nitrogens with one attached hydrogen (secondary N) is 3. The van der Waals surface area contributed by atoms with Gasteiger partial charge in [0.2, 0.25) is 17.8 Å². The summed E-state index contributed by atoms with van der Waals surface area (Å²) >= 11 is 0. The number of ketones is 3. The Balaban J connectivity index is 1.14. The van der Waals surface area contributed by atoms with Gasteiger partial charge >= 0.3 is 23.9 Å². The maximum atomic E-state index is 13.0. The Kier molecular flexibility index (Phi) is 18.8. The third kappa shape index (κ3) is 16.6. The van der Waals surface area contributed by atoms with Crippen LogP contribution in [0.2, 0.25) is 0 Å². The number of fused-ring (bicyclic) bond motifs is 1. The second-order valence-electron chi connectivity index (χ2n) is 16.0. The number of Topliss-reactive ketones (excluding diaryl/α,β-unsaturated/α-hetero) is 3. The first-order valence-electron chi connectivity index (χ1n) is 20.9. The SMILES string of the molecule is C[C@H](CC(=O)C[C@H](CC(=O)CN1CCN(CCNC(=O)C[C@H](NC(=O)CC[C@H](CC(=O)c2ccc(CCc3cnc4nc(N)[nH]c(=O)c4n3)cc2)C(=O)O)C(=O)O)CC1)C(=O)O)C(=O)O. The summed E-state index contributed by atoms with van der Waals surface area (Å²) in [6, 6.07) is 4.89. The highest BCUT2D eigenvalue weighted by molar-refractivity contribution is 5.98. The van der Waals surface area contributed by atoms with Crippen LogP contribution in [0.1, 0.15) is 73.5 Å². The number of carboxylic acids is 4. The van der Waals surface area contributed by atoms with E-state index in [-0.39, 0.29) is 60.8 Å². The van der Waals surface area contributed by atoms with Crippen LogP contribution in [0.5, 0.6) is 0 Å². The number of aromatic amines is 1. The van der Waals surface area contributed by atoms with E-state index in [2.05, 4.69) is 30.6 Å².